The summed E-state index contributed by atoms with van der Waals surface area (Å²) >= 11 is 1.45. The lowest BCUT2D eigenvalue weighted by atomic mass is 10.2. The minimum atomic E-state index is -2.91. The summed E-state index contributed by atoms with van der Waals surface area (Å²) in [6, 6.07) is 8.53. The van der Waals surface area contributed by atoms with Gasteiger partial charge in [-0.2, -0.15) is 14.0 Å². The lowest BCUT2D eigenvalue weighted by Crippen LogP contribution is -2.04. The van der Waals surface area contributed by atoms with Crippen LogP contribution in [0.4, 0.5) is 14.5 Å². The molecule has 0 saturated carbocycles. The third kappa shape index (κ3) is 4.07. The van der Waals surface area contributed by atoms with Gasteiger partial charge in [0.1, 0.15) is 6.07 Å². The SMILES string of the molecule is COc1ccc(NCc2cc(C#N)cs2)cc1OC(F)F. The molecule has 0 amide bonds. The zero-order valence-electron chi connectivity index (χ0n) is 11.1. The molecule has 2 rings (SSSR count). The number of hydrogen-bond acceptors (Lipinski definition) is 5. The van der Waals surface area contributed by atoms with E-state index in [1.165, 1.54) is 24.5 Å². The van der Waals surface area contributed by atoms with E-state index in [4.69, 9.17) is 10.00 Å². The Balaban J connectivity index is 2.07. The van der Waals surface area contributed by atoms with Crippen molar-refractivity contribution in [3.05, 3.63) is 40.1 Å². The number of halogens is 2. The van der Waals surface area contributed by atoms with Crippen LogP contribution in [0.15, 0.2) is 29.6 Å². The van der Waals surface area contributed by atoms with Crippen LogP contribution in [0.3, 0.4) is 0 Å². The van der Waals surface area contributed by atoms with E-state index in [2.05, 4.69) is 16.1 Å². The highest BCUT2D eigenvalue weighted by Crippen LogP contribution is 2.31. The van der Waals surface area contributed by atoms with Crippen LogP contribution in [-0.2, 0) is 6.54 Å². The monoisotopic (exact) mass is 310 g/mol. The molecule has 0 saturated heterocycles. The van der Waals surface area contributed by atoms with Gasteiger partial charge in [-0.15, -0.1) is 11.3 Å². The Labute approximate surface area is 124 Å². The molecule has 2 aromatic rings. The Morgan fingerprint density at radius 1 is 1.33 bits per heavy atom. The maximum Gasteiger partial charge on any atom is 0.387 e. The van der Waals surface area contributed by atoms with Gasteiger partial charge in [0.15, 0.2) is 11.5 Å². The summed E-state index contributed by atoms with van der Waals surface area (Å²) in [5.74, 6) is 0.213. The van der Waals surface area contributed by atoms with Crippen LogP contribution in [0.25, 0.3) is 0 Å². The number of anilines is 1. The zero-order chi connectivity index (χ0) is 15.2. The van der Waals surface area contributed by atoms with Gasteiger partial charge in [-0.1, -0.05) is 0 Å². The molecule has 1 N–H and O–H groups in total. The fourth-order valence-corrected chi connectivity index (χ4v) is 2.45. The first-order valence-electron chi connectivity index (χ1n) is 5.96. The Hall–Kier alpha value is -2.33. The van der Waals surface area contributed by atoms with Crippen molar-refractivity contribution >= 4 is 17.0 Å². The summed E-state index contributed by atoms with van der Waals surface area (Å²) in [4.78, 5) is 0.971. The first-order chi connectivity index (χ1) is 10.1. The maximum absolute atomic E-state index is 12.3. The van der Waals surface area contributed by atoms with Gasteiger partial charge in [0.2, 0.25) is 0 Å². The van der Waals surface area contributed by atoms with Crippen LogP contribution in [0.5, 0.6) is 11.5 Å². The van der Waals surface area contributed by atoms with Gasteiger partial charge in [-0.3, -0.25) is 0 Å². The summed E-state index contributed by atoms with van der Waals surface area (Å²) in [6.45, 7) is -2.42. The molecule has 1 aromatic carbocycles. The number of ether oxygens (including phenoxy) is 2. The van der Waals surface area contributed by atoms with Crippen LogP contribution < -0.4 is 14.8 Å². The summed E-state index contributed by atoms with van der Waals surface area (Å²) in [5, 5.41) is 13.6. The van der Waals surface area contributed by atoms with Crippen LogP contribution in [-0.4, -0.2) is 13.7 Å². The maximum atomic E-state index is 12.3. The molecule has 1 heterocycles. The fourth-order valence-electron chi connectivity index (χ4n) is 1.70. The summed E-state index contributed by atoms with van der Waals surface area (Å²) < 4.78 is 34.0. The van der Waals surface area contributed by atoms with Crippen molar-refractivity contribution in [1.82, 2.24) is 0 Å². The Kier molecular flexibility index (Phi) is 4.95. The van der Waals surface area contributed by atoms with Crippen molar-refractivity contribution in [2.45, 2.75) is 13.2 Å². The number of hydrogen-bond donors (Lipinski definition) is 1. The summed E-state index contributed by atoms with van der Waals surface area (Å²) in [5.41, 5.74) is 1.23. The quantitative estimate of drug-likeness (QED) is 0.880. The van der Waals surface area contributed by atoms with Crippen molar-refractivity contribution in [3.8, 4) is 17.6 Å². The van der Waals surface area contributed by atoms with Crippen molar-refractivity contribution in [2.24, 2.45) is 0 Å². The van der Waals surface area contributed by atoms with Crippen molar-refractivity contribution in [1.29, 1.82) is 5.26 Å². The Morgan fingerprint density at radius 2 is 2.14 bits per heavy atom. The summed E-state index contributed by atoms with van der Waals surface area (Å²) in [6.07, 6.45) is 0. The standard InChI is InChI=1S/C14H12F2N2O2S/c1-19-12-3-2-10(5-13(12)20-14(15)16)18-7-11-4-9(6-17)8-21-11/h2-5,8,14,18H,7H2,1H3. The molecule has 4 nitrogen and oxygen atoms in total. The van der Waals surface area contributed by atoms with Gasteiger partial charge in [0.05, 0.1) is 12.7 Å². The number of thiophene rings is 1. The number of nitrogens with zero attached hydrogens (tertiary/aromatic N) is 1. The first kappa shape index (κ1) is 15.1. The summed E-state index contributed by atoms with van der Waals surface area (Å²) in [7, 11) is 1.38. The van der Waals surface area contributed by atoms with E-state index in [1.807, 2.05) is 0 Å². The number of nitriles is 1. The van der Waals surface area contributed by atoms with Crippen LogP contribution in [0, 0.1) is 11.3 Å². The lowest BCUT2D eigenvalue weighted by Gasteiger charge is -2.12. The van der Waals surface area contributed by atoms with Gasteiger partial charge in [0, 0.05) is 28.6 Å². The number of benzene rings is 1. The molecule has 0 aliphatic carbocycles. The number of methoxy groups -OCH3 is 1. The third-order valence-electron chi connectivity index (χ3n) is 2.63. The highest BCUT2D eigenvalue weighted by molar-refractivity contribution is 7.10. The molecular formula is C14H12F2N2O2S. The second-order valence-corrected chi connectivity index (χ2v) is 5.01. The number of nitrogens with one attached hydrogen (secondary N) is 1. The topological polar surface area (TPSA) is 54.3 Å². The van der Waals surface area contributed by atoms with E-state index in [9.17, 15) is 8.78 Å². The van der Waals surface area contributed by atoms with Gasteiger partial charge in [0.25, 0.3) is 0 Å². The minimum absolute atomic E-state index is 0.0265. The average Bonchev–Trinajstić information content (AvgIpc) is 2.93. The first-order valence-corrected chi connectivity index (χ1v) is 6.84. The van der Waals surface area contributed by atoms with Crippen molar-refractivity contribution in [2.75, 3.05) is 12.4 Å². The van der Waals surface area contributed by atoms with E-state index >= 15 is 0 Å². The molecule has 0 bridgehead atoms. The van der Waals surface area contributed by atoms with Crippen LogP contribution in [0.1, 0.15) is 10.4 Å². The molecule has 0 unspecified atom stereocenters. The second-order valence-electron chi connectivity index (χ2n) is 4.01. The minimum Gasteiger partial charge on any atom is -0.493 e. The predicted octanol–water partition coefficient (Wildman–Crippen LogP) is 3.84. The normalized spacial score (nSPS) is 10.2. The largest absolute Gasteiger partial charge is 0.493 e. The smallest absolute Gasteiger partial charge is 0.387 e. The number of alkyl halides is 2. The molecule has 110 valence electrons. The molecule has 7 heteroatoms. The third-order valence-corrected chi connectivity index (χ3v) is 3.57. The molecule has 1 aromatic heterocycles. The molecule has 0 fully saturated rings. The fraction of sp³-hybridized carbons (Fsp3) is 0.214. The van der Waals surface area contributed by atoms with E-state index in [-0.39, 0.29) is 11.5 Å². The second kappa shape index (κ2) is 6.90. The predicted molar refractivity (Wildman–Crippen MR) is 76.0 cm³/mol. The lowest BCUT2D eigenvalue weighted by molar-refractivity contribution is -0.0511. The van der Waals surface area contributed by atoms with Crippen LogP contribution >= 0.6 is 11.3 Å². The highest BCUT2D eigenvalue weighted by Gasteiger charge is 2.11. The average molecular weight is 310 g/mol. The molecule has 0 radical (unpaired) electrons. The molecule has 0 aliphatic heterocycles. The van der Waals surface area contributed by atoms with Gasteiger partial charge >= 0.3 is 6.61 Å². The van der Waals surface area contributed by atoms with E-state index in [1.54, 1.807) is 23.6 Å². The van der Waals surface area contributed by atoms with Gasteiger partial charge in [-0.25, -0.2) is 0 Å². The Morgan fingerprint density at radius 3 is 2.76 bits per heavy atom. The van der Waals surface area contributed by atoms with Crippen molar-refractivity contribution in [3.63, 3.8) is 0 Å². The molecule has 0 atom stereocenters. The van der Waals surface area contributed by atoms with Crippen LogP contribution in [0.2, 0.25) is 0 Å². The Bertz CT molecular complexity index is 653. The van der Waals surface area contributed by atoms with E-state index in [0.717, 1.165) is 4.88 Å². The highest BCUT2D eigenvalue weighted by atomic mass is 32.1. The van der Waals surface area contributed by atoms with Crippen molar-refractivity contribution < 1.29 is 18.3 Å². The van der Waals surface area contributed by atoms with E-state index < -0.39 is 6.61 Å². The number of rotatable bonds is 6. The molecule has 0 aliphatic rings. The van der Waals surface area contributed by atoms with Gasteiger partial charge < -0.3 is 14.8 Å². The molecule has 0 spiro atoms. The van der Waals surface area contributed by atoms with E-state index in [0.29, 0.717) is 17.8 Å². The molecule has 21 heavy (non-hydrogen) atoms. The van der Waals surface area contributed by atoms with Gasteiger partial charge in [-0.05, 0) is 18.2 Å². The zero-order valence-corrected chi connectivity index (χ0v) is 11.9. The molecular weight excluding hydrogens is 298 g/mol.